The summed E-state index contributed by atoms with van der Waals surface area (Å²) in [5.74, 6) is -0.321. The normalized spacial score (nSPS) is 11.6. The summed E-state index contributed by atoms with van der Waals surface area (Å²) >= 11 is 0. The van der Waals surface area contributed by atoms with E-state index in [0.29, 0.717) is 5.57 Å². The van der Waals surface area contributed by atoms with Crippen LogP contribution in [0.25, 0.3) is 0 Å². The van der Waals surface area contributed by atoms with Crippen molar-refractivity contribution in [2.45, 2.75) is 20.5 Å². The smallest absolute Gasteiger partial charge is 0.338 e. The number of benzene rings is 1. The molecule has 0 aliphatic rings. The SMILES string of the molecule is C=C(C)C=CC(=CC)C(=O)OCc1ccccc1. The van der Waals surface area contributed by atoms with Gasteiger partial charge in [0.15, 0.2) is 0 Å². The maximum Gasteiger partial charge on any atom is 0.338 e. The van der Waals surface area contributed by atoms with Crippen molar-refractivity contribution >= 4 is 5.97 Å². The van der Waals surface area contributed by atoms with Crippen LogP contribution in [-0.2, 0) is 16.1 Å². The predicted octanol–water partition coefficient (Wildman–Crippen LogP) is 3.81. The minimum absolute atomic E-state index is 0.290. The van der Waals surface area contributed by atoms with Crippen molar-refractivity contribution in [2.75, 3.05) is 0 Å². The van der Waals surface area contributed by atoms with Gasteiger partial charge in [0, 0.05) is 0 Å². The van der Waals surface area contributed by atoms with Crippen LogP contribution in [0.3, 0.4) is 0 Å². The molecule has 2 heteroatoms. The van der Waals surface area contributed by atoms with E-state index in [1.165, 1.54) is 0 Å². The Balaban J connectivity index is 2.57. The molecule has 0 aromatic heterocycles. The van der Waals surface area contributed by atoms with Gasteiger partial charge in [-0.3, -0.25) is 0 Å². The molecule has 0 aliphatic carbocycles. The monoisotopic (exact) mass is 242 g/mol. The Morgan fingerprint density at radius 1 is 1.28 bits per heavy atom. The van der Waals surface area contributed by atoms with Crippen LogP contribution in [0.2, 0.25) is 0 Å². The number of hydrogen-bond acceptors (Lipinski definition) is 2. The number of rotatable bonds is 5. The van der Waals surface area contributed by atoms with Gasteiger partial charge in [0.2, 0.25) is 0 Å². The van der Waals surface area contributed by atoms with Crippen LogP contribution in [0.1, 0.15) is 19.4 Å². The van der Waals surface area contributed by atoms with Crippen LogP contribution >= 0.6 is 0 Å². The largest absolute Gasteiger partial charge is 0.457 e. The molecule has 0 bridgehead atoms. The Kier molecular flexibility index (Phi) is 5.65. The average Bonchev–Trinajstić information content (AvgIpc) is 2.38. The standard InChI is InChI=1S/C16H18O2/c1-4-15(11-10-13(2)3)16(17)18-12-14-8-6-5-7-9-14/h4-11H,2,12H2,1,3H3. The van der Waals surface area contributed by atoms with Crippen LogP contribution in [0.15, 0.2) is 66.3 Å². The summed E-state index contributed by atoms with van der Waals surface area (Å²) in [6.07, 6.45) is 5.24. The number of ether oxygens (including phenoxy) is 1. The van der Waals surface area contributed by atoms with Gasteiger partial charge in [-0.15, -0.1) is 0 Å². The average molecular weight is 242 g/mol. The molecule has 0 aliphatic heterocycles. The van der Waals surface area contributed by atoms with E-state index >= 15 is 0 Å². The maximum absolute atomic E-state index is 11.8. The molecule has 0 spiro atoms. The highest BCUT2D eigenvalue weighted by Crippen LogP contribution is 2.06. The molecule has 0 amide bonds. The van der Waals surface area contributed by atoms with Crippen molar-refractivity contribution in [1.82, 2.24) is 0 Å². The van der Waals surface area contributed by atoms with Gasteiger partial charge in [-0.05, 0) is 25.5 Å². The lowest BCUT2D eigenvalue weighted by Crippen LogP contribution is -2.06. The molecule has 0 fully saturated rings. The summed E-state index contributed by atoms with van der Waals surface area (Å²) < 4.78 is 5.23. The molecule has 2 nitrogen and oxygen atoms in total. The zero-order valence-corrected chi connectivity index (χ0v) is 10.8. The van der Waals surface area contributed by atoms with Crippen LogP contribution in [0.5, 0.6) is 0 Å². The van der Waals surface area contributed by atoms with Crippen molar-refractivity contribution < 1.29 is 9.53 Å². The fraction of sp³-hybridized carbons (Fsp3) is 0.188. The van der Waals surface area contributed by atoms with E-state index in [9.17, 15) is 4.79 Å². The molecule has 1 aromatic rings. The summed E-state index contributed by atoms with van der Waals surface area (Å²) in [7, 11) is 0. The summed E-state index contributed by atoms with van der Waals surface area (Å²) in [6, 6.07) is 9.61. The van der Waals surface area contributed by atoms with Gasteiger partial charge in [-0.25, -0.2) is 4.79 Å². The third kappa shape index (κ3) is 4.83. The van der Waals surface area contributed by atoms with E-state index in [4.69, 9.17) is 4.74 Å². The quantitative estimate of drug-likeness (QED) is 0.446. The first-order valence-electron chi connectivity index (χ1n) is 5.84. The molecule has 0 N–H and O–H groups in total. The zero-order valence-electron chi connectivity index (χ0n) is 10.8. The van der Waals surface area contributed by atoms with E-state index < -0.39 is 0 Å². The minimum Gasteiger partial charge on any atom is -0.457 e. The Labute approximate surface area is 108 Å². The molecule has 18 heavy (non-hydrogen) atoms. The second-order valence-corrected chi connectivity index (χ2v) is 3.99. The number of carbonyl (C=O) groups is 1. The van der Waals surface area contributed by atoms with E-state index in [0.717, 1.165) is 11.1 Å². The third-order valence-corrected chi connectivity index (χ3v) is 2.31. The summed E-state index contributed by atoms with van der Waals surface area (Å²) in [6.45, 7) is 7.72. The molecule has 0 saturated carbocycles. The number of allylic oxidation sites excluding steroid dienone is 3. The molecule has 0 radical (unpaired) electrons. The Morgan fingerprint density at radius 3 is 2.50 bits per heavy atom. The molecule has 1 aromatic carbocycles. The first-order valence-corrected chi connectivity index (χ1v) is 5.84. The molecule has 0 unspecified atom stereocenters. The molecule has 1 rings (SSSR count). The van der Waals surface area contributed by atoms with E-state index in [-0.39, 0.29) is 12.6 Å². The number of esters is 1. The van der Waals surface area contributed by atoms with Gasteiger partial charge in [-0.2, -0.15) is 0 Å². The molecule has 0 heterocycles. The zero-order chi connectivity index (χ0) is 13.4. The first-order chi connectivity index (χ1) is 8.63. The number of carbonyl (C=O) groups excluding carboxylic acids is 1. The lowest BCUT2D eigenvalue weighted by molar-refractivity contribution is -0.139. The van der Waals surface area contributed by atoms with Crippen molar-refractivity contribution in [3.63, 3.8) is 0 Å². The second-order valence-electron chi connectivity index (χ2n) is 3.99. The summed E-state index contributed by atoms with van der Waals surface area (Å²) in [5, 5.41) is 0. The van der Waals surface area contributed by atoms with E-state index in [1.807, 2.05) is 44.2 Å². The first kappa shape index (κ1) is 14.0. The molecular formula is C16H18O2. The maximum atomic E-state index is 11.8. The fourth-order valence-corrected chi connectivity index (χ4v) is 1.32. The highest BCUT2D eigenvalue weighted by molar-refractivity contribution is 5.91. The lowest BCUT2D eigenvalue weighted by atomic mass is 10.2. The lowest BCUT2D eigenvalue weighted by Gasteiger charge is -2.05. The van der Waals surface area contributed by atoms with Gasteiger partial charge >= 0.3 is 5.97 Å². The van der Waals surface area contributed by atoms with Gasteiger partial charge in [0.05, 0.1) is 5.57 Å². The van der Waals surface area contributed by atoms with Gasteiger partial charge in [0.25, 0.3) is 0 Å². The molecule has 0 atom stereocenters. The summed E-state index contributed by atoms with van der Waals surface area (Å²) in [5.41, 5.74) is 2.41. The van der Waals surface area contributed by atoms with Crippen molar-refractivity contribution in [3.05, 3.63) is 71.8 Å². The minimum atomic E-state index is -0.321. The fourth-order valence-electron chi connectivity index (χ4n) is 1.32. The van der Waals surface area contributed by atoms with Gasteiger partial charge in [-0.1, -0.05) is 54.6 Å². The van der Waals surface area contributed by atoms with Gasteiger partial charge < -0.3 is 4.74 Å². The van der Waals surface area contributed by atoms with Crippen LogP contribution in [0, 0.1) is 0 Å². The summed E-state index contributed by atoms with van der Waals surface area (Å²) in [4.78, 5) is 11.8. The van der Waals surface area contributed by atoms with Crippen LogP contribution in [-0.4, -0.2) is 5.97 Å². The van der Waals surface area contributed by atoms with Crippen molar-refractivity contribution in [2.24, 2.45) is 0 Å². The van der Waals surface area contributed by atoms with Crippen molar-refractivity contribution in [3.8, 4) is 0 Å². The topological polar surface area (TPSA) is 26.3 Å². The van der Waals surface area contributed by atoms with Crippen LogP contribution in [0.4, 0.5) is 0 Å². The Hall–Kier alpha value is -2.09. The molecular weight excluding hydrogens is 224 g/mol. The highest BCUT2D eigenvalue weighted by Gasteiger charge is 2.06. The predicted molar refractivity (Wildman–Crippen MR) is 73.9 cm³/mol. The van der Waals surface area contributed by atoms with E-state index in [1.54, 1.807) is 18.2 Å². The molecule has 94 valence electrons. The Morgan fingerprint density at radius 2 is 1.94 bits per heavy atom. The van der Waals surface area contributed by atoms with Crippen LogP contribution < -0.4 is 0 Å². The second kappa shape index (κ2) is 7.28. The molecule has 0 saturated heterocycles. The highest BCUT2D eigenvalue weighted by atomic mass is 16.5. The third-order valence-electron chi connectivity index (χ3n) is 2.31. The number of hydrogen-bond donors (Lipinski definition) is 0. The Bertz CT molecular complexity index is 467. The van der Waals surface area contributed by atoms with E-state index in [2.05, 4.69) is 6.58 Å². The van der Waals surface area contributed by atoms with Crippen molar-refractivity contribution in [1.29, 1.82) is 0 Å². The van der Waals surface area contributed by atoms with Gasteiger partial charge in [0.1, 0.15) is 6.61 Å².